The summed E-state index contributed by atoms with van der Waals surface area (Å²) in [6, 6.07) is 2.81. The van der Waals surface area contributed by atoms with Crippen molar-refractivity contribution in [2.45, 2.75) is 44.4 Å². The number of carboxylic acid groups (broad SMARTS) is 1. The minimum atomic E-state index is -3.87. The average Bonchev–Trinajstić information content (AvgIpc) is 2.25. The zero-order valence-electron chi connectivity index (χ0n) is 11.5. The first-order valence-corrected chi connectivity index (χ1v) is 7.54. The quantitative estimate of drug-likeness (QED) is 0.886. The Labute approximate surface area is 113 Å². The number of benzene rings is 1. The molecule has 1 aromatic carbocycles. The van der Waals surface area contributed by atoms with Crippen molar-refractivity contribution >= 4 is 16.0 Å². The van der Waals surface area contributed by atoms with Gasteiger partial charge in [-0.05, 0) is 35.1 Å². The van der Waals surface area contributed by atoms with Gasteiger partial charge in [-0.25, -0.2) is 18.4 Å². The van der Waals surface area contributed by atoms with E-state index in [1.165, 1.54) is 12.1 Å². The van der Waals surface area contributed by atoms with Crippen molar-refractivity contribution in [3.05, 3.63) is 28.8 Å². The molecule has 0 aliphatic rings. The number of sulfonamides is 1. The smallest absolute Gasteiger partial charge is 0.335 e. The van der Waals surface area contributed by atoms with Gasteiger partial charge in [0.05, 0.1) is 10.5 Å². The van der Waals surface area contributed by atoms with Gasteiger partial charge in [-0.15, -0.1) is 0 Å². The lowest BCUT2D eigenvalue weighted by Crippen LogP contribution is -2.17. The largest absolute Gasteiger partial charge is 0.478 e. The predicted molar refractivity (Wildman–Crippen MR) is 73.0 cm³/mol. The van der Waals surface area contributed by atoms with Gasteiger partial charge < -0.3 is 5.11 Å². The van der Waals surface area contributed by atoms with Gasteiger partial charge in [0.15, 0.2) is 0 Å². The molecule has 0 aliphatic carbocycles. The number of nitrogens with two attached hydrogens (primary N) is 1. The lowest BCUT2D eigenvalue weighted by Gasteiger charge is -2.17. The van der Waals surface area contributed by atoms with Crippen LogP contribution in [0, 0.1) is 0 Å². The number of carboxylic acids is 1. The lowest BCUT2D eigenvalue weighted by molar-refractivity contribution is 0.0695. The van der Waals surface area contributed by atoms with Crippen LogP contribution < -0.4 is 5.14 Å². The normalized spacial score (nSPS) is 12.2. The second kappa shape index (κ2) is 5.30. The van der Waals surface area contributed by atoms with Crippen LogP contribution in [0.15, 0.2) is 17.0 Å². The van der Waals surface area contributed by atoms with Crippen molar-refractivity contribution in [2.75, 3.05) is 0 Å². The van der Waals surface area contributed by atoms with E-state index in [2.05, 4.69) is 0 Å². The van der Waals surface area contributed by atoms with Crippen molar-refractivity contribution in [1.29, 1.82) is 0 Å². The van der Waals surface area contributed by atoms with Crippen molar-refractivity contribution in [1.82, 2.24) is 0 Å². The molecule has 0 aliphatic heterocycles. The molecule has 1 aromatic rings. The summed E-state index contributed by atoms with van der Waals surface area (Å²) in [5.74, 6) is -1.30. The molecule has 0 saturated heterocycles. The van der Waals surface area contributed by atoms with Gasteiger partial charge in [0.1, 0.15) is 0 Å². The highest BCUT2D eigenvalue weighted by molar-refractivity contribution is 7.89. The first-order chi connectivity index (χ1) is 8.55. The number of hydrogen-bond acceptors (Lipinski definition) is 3. The summed E-state index contributed by atoms with van der Waals surface area (Å²) in [6.07, 6.45) is 0. The lowest BCUT2D eigenvalue weighted by atomic mass is 9.92. The molecule has 0 atom stereocenters. The molecule has 0 spiro atoms. The van der Waals surface area contributed by atoms with Crippen LogP contribution in [0.3, 0.4) is 0 Å². The number of carbonyl (C=O) groups is 1. The first-order valence-electron chi connectivity index (χ1n) is 5.99. The third-order valence-corrected chi connectivity index (χ3v) is 3.93. The van der Waals surface area contributed by atoms with Crippen LogP contribution in [0.2, 0.25) is 0 Å². The topological polar surface area (TPSA) is 97.5 Å². The summed E-state index contributed by atoms with van der Waals surface area (Å²) in [6.45, 7) is 7.21. The van der Waals surface area contributed by atoms with Gasteiger partial charge in [0.25, 0.3) is 0 Å². The van der Waals surface area contributed by atoms with Gasteiger partial charge in [-0.1, -0.05) is 27.7 Å². The van der Waals surface area contributed by atoms with Gasteiger partial charge in [0, 0.05) is 0 Å². The van der Waals surface area contributed by atoms with Crippen LogP contribution in [-0.2, 0) is 10.0 Å². The molecule has 3 N–H and O–H groups in total. The van der Waals surface area contributed by atoms with Crippen LogP contribution in [0.4, 0.5) is 0 Å². The molecule has 0 unspecified atom stereocenters. The Morgan fingerprint density at radius 2 is 1.58 bits per heavy atom. The summed E-state index contributed by atoms with van der Waals surface area (Å²) in [7, 11) is -3.87. The molecular weight excluding hydrogens is 266 g/mol. The van der Waals surface area contributed by atoms with Crippen LogP contribution in [-0.4, -0.2) is 19.5 Å². The molecule has 106 valence electrons. The summed E-state index contributed by atoms with van der Waals surface area (Å²) < 4.78 is 23.3. The van der Waals surface area contributed by atoms with Crippen LogP contribution in [0.25, 0.3) is 0 Å². The van der Waals surface area contributed by atoms with E-state index in [1.807, 2.05) is 13.8 Å². The van der Waals surface area contributed by atoms with Crippen molar-refractivity contribution in [3.8, 4) is 0 Å². The molecule has 6 heteroatoms. The van der Waals surface area contributed by atoms with Crippen molar-refractivity contribution in [2.24, 2.45) is 5.14 Å². The molecule has 0 bridgehead atoms. The Morgan fingerprint density at radius 3 is 1.89 bits per heavy atom. The molecule has 0 radical (unpaired) electrons. The number of primary sulfonamides is 1. The maximum Gasteiger partial charge on any atom is 0.335 e. The minimum Gasteiger partial charge on any atom is -0.478 e. The van der Waals surface area contributed by atoms with E-state index in [-0.39, 0.29) is 22.3 Å². The van der Waals surface area contributed by atoms with Gasteiger partial charge in [-0.3, -0.25) is 0 Å². The van der Waals surface area contributed by atoms with E-state index in [0.29, 0.717) is 11.1 Å². The molecule has 19 heavy (non-hydrogen) atoms. The van der Waals surface area contributed by atoms with Crippen molar-refractivity contribution in [3.63, 3.8) is 0 Å². The minimum absolute atomic E-state index is 0.0104. The Kier molecular flexibility index (Phi) is 4.37. The summed E-state index contributed by atoms with van der Waals surface area (Å²) >= 11 is 0. The molecule has 0 saturated carbocycles. The maximum atomic E-state index is 11.6. The SMILES string of the molecule is CC(C)c1cc(S(N)(=O)=O)c(C(C)C)cc1C(=O)O. The van der Waals surface area contributed by atoms with E-state index < -0.39 is 16.0 Å². The second-order valence-electron chi connectivity index (χ2n) is 5.14. The zero-order chi connectivity index (χ0) is 15.0. The fourth-order valence-corrected chi connectivity index (χ4v) is 2.89. The van der Waals surface area contributed by atoms with Crippen LogP contribution >= 0.6 is 0 Å². The van der Waals surface area contributed by atoms with Crippen LogP contribution in [0.5, 0.6) is 0 Å². The predicted octanol–water partition coefficient (Wildman–Crippen LogP) is 2.28. The van der Waals surface area contributed by atoms with Gasteiger partial charge in [-0.2, -0.15) is 0 Å². The molecular formula is C13H19NO4S. The number of rotatable bonds is 4. The van der Waals surface area contributed by atoms with E-state index in [9.17, 15) is 18.3 Å². The Morgan fingerprint density at radius 1 is 1.11 bits per heavy atom. The van der Waals surface area contributed by atoms with Crippen molar-refractivity contribution < 1.29 is 18.3 Å². The average molecular weight is 285 g/mol. The highest BCUT2D eigenvalue weighted by Gasteiger charge is 2.23. The van der Waals surface area contributed by atoms with E-state index in [1.54, 1.807) is 13.8 Å². The second-order valence-corrected chi connectivity index (χ2v) is 6.67. The Balaban J connectivity index is 3.75. The highest BCUT2D eigenvalue weighted by Crippen LogP contribution is 2.30. The van der Waals surface area contributed by atoms with E-state index in [4.69, 9.17) is 5.14 Å². The van der Waals surface area contributed by atoms with E-state index in [0.717, 1.165) is 0 Å². The van der Waals surface area contributed by atoms with E-state index >= 15 is 0 Å². The molecule has 1 rings (SSSR count). The molecule has 0 aromatic heterocycles. The van der Waals surface area contributed by atoms with Gasteiger partial charge >= 0.3 is 5.97 Å². The fourth-order valence-electron chi connectivity index (χ4n) is 1.97. The molecule has 0 fully saturated rings. The summed E-state index contributed by atoms with van der Waals surface area (Å²) in [5, 5.41) is 14.4. The standard InChI is InChI=1S/C13H19NO4S/c1-7(2)9-6-12(19(14,17)18)10(8(3)4)5-11(9)13(15)16/h5-8H,1-4H3,(H,15,16)(H2,14,17,18). The zero-order valence-corrected chi connectivity index (χ0v) is 12.3. The fraction of sp³-hybridized carbons (Fsp3) is 0.462. The monoisotopic (exact) mass is 285 g/mol. The number of aromatic carboxylic acids is 1. The Bertz CT molecular complexity index is 603. The molecule has 0 amide bonds. The number of hydrogen-bond donors (Lipinski definition) is 2. The molecule has 5 nitrogen and oxygen atoms in total. The summed E-state index contributed by atoms with van der Waals surface area (Å²) in [4.78, 5) is 11.3. The Hall–Kier alpha value is -1.40. The summed E-state index contributed by atoms with van der Waals surface area (Å²) in [5.41, 5.74) is 1.04. The maximum absolute atomic E-state index is 11.6. The third kappa shape index (κ3) is 3.33. The highest BCUT2D eigenvalue weighted by atomic mass is 32.2. The van der Waals surface area contributed by atoms with Crippen LogP contribution in [0.1, 0.15) is 61.0 Å². The molecule has 0 heterocycles. The van der Waals surface area contributed by atoms with Gasteiger partial charge in [0.2, 0.25) is 10.0 Å². The first kappa shape index (κ1) is 15.7. The third-order valence-electron chi connectivity index (χ3n) is 2.96.